The summed E-state index contributed by atoms with van der Waals surface area (Å²) in [5.74, 6) is 1.19. The predicted molar refractivity (Wildman–Crippen MR) is 95.2 cm³/mol. The molecule has 0 spiro atoms. The maximum atomic E-state index is 12.8. The average molecular weight is 437 g/mol. The number of thiophene rings is 1. The van der Waals surface area contributed by atoms with Gasteiger partial charge >= 0.3 is 6.03 Å². The maximum Gasteiger partial charge on any atom is 0.325 e. The third kappa shape index (κ3) is 2.74. The second kappa shape index (κ2) is 6.06. The van der Waals surface area contributed by atoms with Crippen molar-refractivity contribution in [3.05, 3.63) is 45.5 Å². The van der Waals surface area contributed by atoms with Gasteiger partial charge in [-0.25, -0.2) is 4.79 Å². The van der Waals surface area contributed by atoms with Crippen molar-refractivity contribution in [1.29, 1.82) is 0 Å². The number of carbonyl (C=O) groups excluding carboxylic acids is 2. The van der Waals surface area contributed by atoms with Gasteiger partial charge in [0, 0.05) is 9.85 Å². The molecule has 0 aliphatic carbocycles. The molecule has 3 aromatic heterocycles. The number of furan rings is 1. The summed E-state index contributed by atoms with van der Waals surface area (Å²) < 4.78 is 11.7. The van der Waals surface area contributed by atoms with Gasteiger partial charge in [0.15, 0.2) is 5.54 Å². The van der Waals surface area contributed by atoms with Crippen LogP contribution in [-0.2, 0) is 16.9 Å². The van der Waals surface area contributed by atoms with E-state index in [4.69, 9.17) is 8.94 Å². The Bertz CT molecular complexity index is 1010. The van der Waals surface area contributed by atoms with E-state index in [9.17, 15) is 9.59 Å². The van der Waals surface area contributed by atoms with Gasteiger partial charge in [-0.3, -0.25) is 9.69 Å². The number of nitrogens with one attached hydrogen (secondary N) is 1. The van der Waals surface area contributed by atoms with Crippen LogP contribution in [0.25, 0.3) is 10.7 Å². The number of halogens is 1. The molecule has 1 unspecified atom stereocenters. The molecule has 134 valence electrons. The normalized spacial score (nSPS) is 20.0. The van der Waals surface area contributed by atoms with Gasteiger partial charge in [-0.1, -0.05) is 5.16 Å². The summed E-state index contributed by atoms with van der Waals surface area (Å²) in [5, 5.41) is 8.48. The van der Waals surface area contributed by atoms with Crippen molar-refractivity contribution in [2.75, 3.05) is 0 Å². The molecule has 1 fully saturated rings. The van der Waals surface area contributed by atoms with Crippen LogP contribution in [0.15, 0.2) is 37.0 Å². The van der Waals surface area contributed by atoms with E-state index in [0.29, 0.717) is 17.3 Å². The van der Waals surface area contributed by atoms with Crippen LogP contribution in [-0.4, -0.2) is 27.0 Å². The second-order valence-electron chi connectivity index (χ2n) is 6.00. The number of imide groups is 1. The molecule has 0 aromatic carbocycles. The number of urea groups is 1. The fourth-order valence-corrected chi connectivity index (χ4v) is 4.05. The fraction of sp³-hybridized carbons (Fsp3) is 0.250. The first-order valence-corrected chi connectivity index (χ1v) is 9.32. The summed E-state index contributed by atoms with van der Waals surface area (Å²) in [5.41, 5.74) is -1.26. The molecule has 0 bridgehead atoms. The van der Waals surface area contributed by atoms with Crippen LogP contribution in [0.5, 0.6) is 0 Å². The monoisotopic (exact) mass is 436 g/mol. The van der Waals surface area contributed by atoms with Crippen molar-refractivity contribution in [2.45, 2.75) is 25.9 Å². The molecule has 4 rings (SSSR count). The van der Waals surface area contributed by atoms with Gasteiger partial charge in [0.2, 0.25) is 11.7 Å². The third-order valence-corrected chi connectivity index (χ3v) is 5.74. The lowest BCUT2D eigenvalue weighted by Gasteiger charge is -2.18. The van der Waals surface area contributed by atoms with E-state index in [1.54, 1.807) is 26.0 Å². The van der Waals surface area contributed by atoms with Gasteiger partial charge in [0.1, 0.15) is 18.1 Å². The molecule has 3 amide bonds. The summed E-state index contributed by atoms with van der Waals surface area (Å²) >= 11 is 4.82. The Kier molecular flexibility index (Phi) is 3.96. The van der Waals surface area contributed by atoms with E-state index in [0.717, 1.165) is 14.2 Å². The fourth-order valence-electron chi connectivity index (χ4n) is 2.70. The number of nitrogens with zero attached hydrogens (tertiary/aromatic N) is 3. The van der Waals surface area contributed by atoms with E-state index in [-0.39, 0.29) is 12.4 Å². The number of hydrogen-bond acceptors (Lipinski definition) is 7. The van der Waals surface area contributed by atoms with Gasteiger partial charge in [-0.05, 0) is 48.0 Å². The Morgan fingerprint density at radius 2 is 2.19 bits per heavy atom. The number of carbonyl (C=O) groups is 2. The summed E-state index contributed by atoms with van der Waals surface area (Å²) in [4.78, 5) is 31.3. The van der Waals surface area contributed by atoms with Gasteiger partial charge in [0.25, 0.3) is 5.91 Å². The zero-order chi connectivity index (χ0) is 18.5. The van der Waals surface area contributed by atoms with Crippen LogP contribution in [0.3, 0.4) is 0 Å². The highest BCUT2D eigenvalue weighted by Gasteiger charge is 2.51. The predicted octanol–water partition coefficient (Wildman–Crippen LogP) is 3.43. The van der Waals surface area contributed by atoms with Crippen LogP contribution in [0.1, 0.15) is 24.3 Å². The zero-order valence-electron chi connectivity index (χ0n) is 13.8. The molecule has 0 radical (unpaired) electrons. The van der Waals surface area contributed by atoms with Crippen LogP contribution in [0, 0.1) is 6.92 Å². The number of amides is 3. The van der Waals surface area contributed by atoms with Crippen molar-refractivity contribution < 1.29 is 18.5 Å². The SMILES string of the molecule is Cc1ccc(C2(C)NC(=O)N(Cc3nc(-c4cc(Br)cs4)no3)C2=O)o1. The van der Waals surface area contributed by atoms with Gasteiger partial charge in [-0.15, -0.1) is 11.3 Å². The largest absolute Gasteiger partial charge is 0.463 e. The first kappa shape index (κ1) is 17.0. The van der Waals surface area contributed by atoms with Crippen molar-refractivity contribution in [3.8, 4) is 10.7 Å². The molecule has 1 atom stereocenters. The van der Waals surface area contributed by atoms with Crippen molar-refractivity contribution in [2.24, 2.45) is 0 Å². The highest BCUT2D eigenvalue weighted by molar-refractivity contribution is 9.10. The quantitative estimate of drug-likeness (QED) is 0.628. The third-order valence-electron chi connectivity index (χ3n) is 4.06. The highest BCUT2D eigenvalue weighted by atomic mass is 79.9. The van der Waals surface area contributed by atoms with Crippen LogP contribution in [0.4, 0.5) is 4.79 Å². The molecular formula is C16H13BrN4O4S. The lowest BCUT2D eigenvalue weighted by Crippen LogP contribution is -2.40. The molecule has 0 saturated carbocycles. The molecule has 3 aromatic rings. The number of aryl methyl sites for hydroxylation is 1. The molecular weight excluding hydrogens is 424 g/mol. The topological polar surface area (TPSA) is 101 Å². The van der Waals surface area contributed by atoms with Gasteiger partial charge < -0.3 is 14.3 Å². The summed E-state index contributed by atoms with van der Waals surface area (Å²) in [6.07, 6.45) is 0. The van der Waals surface area contributed by atoms with Crippen LogP contribution >= 0.6 is 27.3 Å². The highest BCUT2D eigenvalue weighted by Crippen LogP contribution is 2.31. The van der Waals surface area contributed by atoms with E-state index >= 15 is 0 Å². The molecule has 10 heteroatoms. The lowest BCUT2D eigenvalue weighted by molar-refractivity contribution is -0.132. The molecule has 1 saturated heterocycles. The Morgan fingerprint density at radius 3 is 2.85 bits per heavy atom. The Hall–Kier alpha value is -2.46. The molecule has 1 aliphatic heterocycles. The van der Waals surface area contributed by atoms with E-state index in [1.807, 2.05) is 11.4 Å². The summed E-state index contributed by atoms with van der Waals surface area (Å²) in [6, 6.07) is 4.75. The molecule has 1 N–H and O–H groups in total. The smallest absolute Gasteiger partial charge is 0.325 e. The minimum Gasteiger partial charge on any atom is -0.463 e. The zero-order valence-corrected chi connectivity index (χ0v) is 16.2. The summed E-state index contributed by atoms with van der Waals surface area (Å²) in [6.45, 7) is 3.27. The van der Waals surface area contributed by atoms with Crippen molar-refractivity contribution in [3.63, 3.8) is 0 Å². The first-order chi connectivity index (χ1) is 12.4. The Morgan fingerprint density at radius 1 is 1.38 bits per heavy atom. The van der Waals surface area contributed by atoms with Crippen molar-refractivity contribution in [1.82, 2.24) is 20.4 Å². The van der Waals surface area contributed by atoms with E-state index < -0.39 is 17.5 Å². The Balaban J connectivity index is 1.56. The van der Waals surface area contributed by atoms with E-state index in [2.05, 4.69) is 31.4 Å². The minimum atomic E-state index is -1.26. The average Bonchev–Trinajstić information content (AvgIpc) is 3.34. The van der Waals surface area contributed by atoms with Crippen LogP contribution in [0.2, 0.25) is 0 Å². The molecule has 26 heavy (non-hydrogen) atoms. The number of aromatic nitrogens is 2. The molecule has 8 nitrogen and oxygen atoms in total. The lowest BCUT2D eigenvalue weighted by atomic mass is 9.99. The number of rotatable bonds is 4. The first-order valence-electron chi connectivity index (χ1n) is 7.65. The minimum absolute atomic E-state index is 0.112. The van der Waals surface area contributed by atoms with Gasteiger partial charge in [0.05, 0.1) is 4.88 Å². The van der Waals surface area contributed by atoms with E-state index in [1.165, 1.54) is 11.3 Å². The molecule has 1 aliphatic rings. The summed E-state index contributed by atoms with van der Waals surface area (Å²) in [7, 11) is 0. The maximum absolute atomic E-state index is 12.8. The second-order valence-corrected chi connectivity index (χ2v) is 7.82. The number of hydrogen-bond donors (Lipinski definition) is 1. The standard InChI is InChI=1S/C16H13BrN4O4S/c1-8-3-4-11(24-8)16(2)14(22)21(15(23)19-16)6-12-18-13(20-25-12)10-5-9(17)7-26-10/h3-5,7H,6H2,1-2H3,(H,19,23). The van der Waals surface area contributed by atoms with Gasteiger partial charge in [-0.2, -0.15) is 4.98 Å². The van der Waals surface area contributed by atoms with Crippen LogP contribution < -0.4 is 5.32 Å². The Labute approximate surface area is 160 Å². The van der Waals surface area contributed by atoms with Crippen molar-refractivity contribution >= 4 is 39.2 Å². The molecule has 4 heterocycles.